The topological polar surface area (TPSA) is 87.3 Å². The van der Waals surface area contributed by atoms with Gasteiger partial charge in [-0.3, -0.25) is 14.4 Å². The lowest BCUT2D eigenvalue weighted by atomic mass is 10.1. The van der Waals surface area contributed by atoms with Crippen molar-refractivity contribution in [2.24, 2.45) is 5.92 Å². The van der Waals surface area contributed by atoms with Crippen LogP contribution < -0.4 is 16.0 Å². The van der Waals surface area contributed by atoms with Crippen molar-refractivity contribution in [3.63, 3.8) is 0 Å². The van der Waals surface area contributed by atoms with Gasteiger partial charge in [-0.1, -0.05) is 6.07 Å². The molecule has 4 rings (SSSR count). The average molecular weight is 449 g/mol. The van der Waals surface area contributed by atoms with E-state index in [1.54, 1.807) is 24.3 Å². The van der Waals surface area contributed by atoms with Crippen LogP contribution in [0.5, 0.6) is 0 Å². The van der Waals surface area contributed by atoms with Gasteiger partial charge in [-0.2, -0.15) is 13.2 Å². The first-order chi connectivity index (χ1) is 14.7. The van der Waals surface area contributed by atoms with Gasteiger partial charge >= 0.3 is 6.18 Å². The van der Waals surface area contributed by atoms with Crippen LogP contribution in [0.2, 0.25) is 0 Å². The van der Waals surface area contributed by atoms with Gasteiger partial charge in [0.05, 0.1) is 16.5 Å². The molecule has 162 valence electrons. The lowest BCUT2D eigenvalue weighted by Crippen LogP contribution is -2.32. The van der Waals surface area contributed by atoms with Gasteiger partial charge in [0.2, 0.25) is 17.7 Å². The molecule has 0 radical (unpaired) electrons. The molecule has 1 unspecified atom stereocenters. The molecule has 0 bridgehead atoms. The monoisotopic (exact) mass is 449 g/mol. The smallest absolute Gasteiger partial charge is 0.326 e. The van der Waals surface area contributed by atoms with Crippen LogP contribution in [0.3, 0.4) is 0 Å². The molecule has 3 N–H and O–H groups in total. The van der Waals surface area contributed by atoms with E-state index in [1.807, 2.05) is 0 Å². The van der Waals surface area contributed by atoms with Crippen molar-refractivity contribution in [1.29, 1.82) is 0 Å². The van der Waals surface area contributed by atoms with Gasteiger partial charge in [-0.25, -0.2) is 0 Å². The molecule has 2 aromatic rings. The number of rotatable bonds is 5. The Morgan fingerprint density at radius 1 is 1.06 bits per heavy atom. The Labute approximate surface area is 180 Å². The summed E-state index contributed by atoms with van der Waals surface area (Å²) in [5, 5.41) is 7.16. The Hall–Kier alpha value is -3.01. The molecule has 0 spiro atoms. The zero-order chi connectivity index (χ0) is 22.2. The number of hydrogen-bond donors (Lipinski definition) is 3. The second kappa shape index (κ2) is 8.26. The van der Waals surface area contributed by atoms with E-state index in [9.17, 15) is 27.6 Å². The van der Waals surface area contributed by atoms with Crippen LogP contribution in [0.15, 0.2) is 47.4 Å². The SMILES string of the molecule is O=C(CC1Sc2ccc(C(F)(F)F)cc2NC1=O)Nc1cccc(NC(=O)C2CC2)c1. The highest BCUT2D eigenvalue weighted by Gasteiger charge is 2.34. The third-order valence-electron chi connectivity index (χ3n) is 4.86. The van der Waals surface area contributed by atoms with Gasteiger partial charge in [-0.15, -0.1) is 11.8 Å². The lowest BCUT2D eigenvalue weighted by molar-refractivity contribution is -0.137. The summed E-state index contributed by atoms with van der Waals surface area (Å²) in [4.78, 5) is 37.1. The highest BCUT2D eigenvalue weighted by molar-refractivity contribution is 8.01. The number of alkyl halides is 3. The van der Waals surface area contributed by atoms with Crippen LogP contribution in [-0.2, 0) is 20.6 Å². The summed E-state index contributed by atoms with van der Waals surface area (Å²) >= 11 is 1.05. The Balaban J connectivity index is 1.38. The summed E-state index contributed by atoms with van der Waals surface area (Å²) in [5.74, 6) is -0.952. The average Bonchev–Trinajstić information content (AvgIpc) is 3.53. The normalized spacial score (nSPS) is 18.0. The maximum Gasteiger partial charge on any atom is 0.416 e. The maximum absolute atomic E-state index is 12.9. The maximum atomic E-state index is 12.9. The predicted octanol–water partition coefficient (Wildman–Crippen LogP) is 4.50. The molecule has 1 saturated carbocycles. The number of anilines is 3. The zero-order valence-electron chi connectivity index (χ0n) is 16.1. The third kappa shape index (κ3) is 5.19. The fourth-order valence-corrected chi connectivity index (χ4v) is 4.20. The van der Waals surface area contributed by atoms with Crippen LogP contribution in [-0.4, -0.2) is 23.0 Å². The van der Waals surface area contributed by atoms with Crippen molar-refractivity contribution in [3.05, 3.63) is 48.0 Å². The first-order valence-electron chi connectivity index (χ1n) is 9.58. The van der Waals surface area contributed by atoms with Crippen molar-refractivity contribution < 1.29 is 27.6 Å². The van der Waals surface area contributed by atoms with Gasteiger partial charge in [0.25, 0.3) is 0 Å². The molecule has 10 heteroatoms. The number of carbonyl (C=O) groups excluding carboxylic acids is 3. The van der Waals surface area contributed by atoms with Gasteiger partial charge in [0, 0.05) is 28.6 Å². The zero-order valence-corrected chi connectivity index (χ0v) is 16.9. The second-order valence-electron chi connectivity index (χ2n) is 7.40. The van der Waals surface area contributed by atoms with E-state index >= 15 is 0 Å². The molecule has 0 aromatic heterocycles. The van der Waals surface area contributed by atoms with E-state index in [2.05, 4.69) is 16.0 Å². The summed E-state index contributed by atoms with van der Waals surface area (Å²) < 4.78 is 38.6. The van der Waals surface area contributed by atoms with E-state index in [-0.39, 0.29) is 23.9 Å². The molecule has 1 aliphatic carbocycles. The van der Waals surface area contributed by atoms with E-state index in [4.69, 9.17) is 0 Å². The molecule has 0 saturated heterocycles. The minimum atomic E-state index is -4.51. The molecule has 3 amide bonds. The van der Waals surface area contributed by atoms with Gasteiger partial charge < -0.3 is 16.0 Å². The number of fused-ring (bicyclic) bond motifs is 1. The lowest BCUT2D eigenvalue weighted by Gasteiger charge is -2.24. The minimum Gasteiger partial charge on any atom is -0.326 e. The van der Waals surface area contributed by atoms with E-state index in [1.165, 1.54) is 6.07 Å². The summed E-state index contributed by atoms with van der Waals surface area (Å²) in [6, 6.07) is 9.81. The van der Waals surface area contributed by atoms with Crippen LogP contribution in [0, 0.1) is 5.92 Å². The number of carbonyl (C=O) groups is 3. The molecule has 2 aromatic carbocycles. The second-order valence-corrected chi connectivity index (χ2v) is 8.65. The molecular formula is C21H18F3N3O3S. The Kier molecular flexibility index (Phi) is 5.65. The minimum absolute atomic E-state index is 0.0499. The number of hydrogen-bond acceptors (Lipinski definition) is 4. The van der Waals surface area contributed by atoms with E-state index < -0.39 is 28.8 Å². The first kappa shape index (κ1) is 21.2. The fourth-order valence-electron chi connectivity index (χ4n) is 3.11. The molecule has 1 fully saturated rings. The third-order valence-corrected chi connectivity index (χ3v) is 6.13. The number of benzene rings is 2. The Morgan fingerprint density at radius 2 is 1.77 bits per heavy atom. The highest BCUT2D eigenvalue weighted by atomic mass is 32.2. The predicted molar refractivity (Wildman–Crippen MR) is 111 cm³/mol. The first-order valence-corrected chi connectivity index (χ1v) is 10.5. The number of nitrogens with one attached hydrogen (secondary N) is 3. The Morgan fingerprint density at radius 3 is 2.45 bits per heavy atom. The highest BCUT2D eigenvalue weighted by Crippen LogP contribution is 2.40. The number of thioether (sulfide) groups is 1. The molecule has 1 aliphatic heterocycles. The molecule has 6 nitrogen and oxygen atoms in total. The van der Waals surface area contributed by atoms with Gasteiger partial charge in [-0.05, 0) is 49.2 Å². The molecule has 2 aliphatic rings. The summed E-state index contributed by atoms with van der Waals surface area (Å²) in [5.41, 5.74) is 0.265. The standard InChI is InChI=1S/C21H18F3N3O3S/c22-21(23,24)12-6-7-16-15(8-12)27-20(30)17(31-16)10-18(28)25-13-2-1-3-14(9-13)26-19(29)11-4-5-11/h1-3,6-9,11,17H,4-5,10H2,(H,25,28)(H,26,29)(H,27,30). The quantitative estimate of drug-likeness (QED) is 0.628. The summed E-state index contributed by atoms with van der Waals surface area (Å²) in [7, 11) is 0. The van der Waals surface area contributed by atoms with Crippen LogP contribution in [0.1, 0.15) is 24.8 Å². The molecule has 31 heavy (non-hydrogen) atoms. The number of amides is 3. The summed E-state index contributed by atoms with van der Waals surface area (Å²) in [6.45, 7) is 0. The molecule has 1 heterocycles. The largest absolute Gasteiger partial charge is 0.416 e. The van der Waals surface area contributed by atoms with Crippen molar-refractivity contribution in [3.8, 4) is 0 Å². The van der Waals surface area contributed by atoms with Crippen LogP contribution >= 0.6 is 11.8 Å². The van der Waals surface area contributed by atoms with Crippen molar-refractivity contribution in [1.82, 2.24) is 0 Å². The van der Waals surface area contributed by atoms with Crippen LogP contribution in [0.4, 0.5) is 30.2 Å². The van der Waals surface area contributed by atoms with E-state index in [0.717, 1.165) is 36.7 Å². The Bertz CT molecular complexity index is 1050. The van der Waals surface area contributed by atoms with Crippen molar-refractivity contribution in [2.75, 3.05) is 16.0 Å². The molecule has 1 atom stereocenters. The molecular weight excluding hydrogens is 431 g/mol. The van der Waals surface area contributed by atoms with Crippen LogP contribution in [0.25, 0.3) is 0 Å². The van der Waals surface area contributed by atoms with Gasteiger partial charge in [0.1, 0.15) is 0 Å². The number of halogens is 3. The van der Waals surface area contributed by atoms with Crippen molar-refractivity contribution in [2.45, 2.75) is 35.6 Å². The van der Waals surface area contributed by atoms with E-state index in [0.29, 0.717) is 16.3 Å². The summed E-state index contributed by atoms with van der Waals surface area (Å²) in [6.07, 6.45) is -2.91. The van der Waals surface area contributed by atoms with Gasteiger partial charge in [0.15, 0.2) is 0 Å². The fraction of sp³-hybridized carbons (Fsp3) is 0.286. The van der Waals surface area contributed by atoms with Crippen molar-refractivity contribution >= 4 is 46.5 Å².